The second kappa shape index (κ2) is 4.30. The second-order valence-corrected chi connectivity index (χ2v) is 4.87. The zero-order valence-electron chi connectivity index (χ0n) is 8.90. The molecule has 0 aromatic heterocycles. The van der Waals surface area contributed by atoms with Crippen LogP contribution in [0.25, 0.3) is 0 Å². The van der Waals surface area contributed by atoms with Gasteiger partial charge < -0.3 is 5.73 Å². The minimum absolute atomic E-state index is 0.225. The smallest absolute Gasteiger partial charge is 0.160 e. The third-order valence-corrected chi connectivity index (χ3v) is 3.60. The Morgan fingerprint density at radius 1 is 1.06 bits per heavy atom. The average Bonchev–Trinajstić information content (AvgIpc) is 2.24. The molecule has 0 saturated heterocycles. The summed E-state index contributed by atoms with van der Waals surface area (Å²) in [6.45, 7) is 0. The lowest BCUT2D eigenvalue weighted by Gasteiger charge is -2.34. The van der Waals surface area contributed by atoms with Crippen LogP contribution in [0.3, 0.4) is 0 Å². The third-order valence-electron chi connectivity index (χ3n) is 3.29. The molecule has 1 fully saturated rings. The van der Waals surface area contributed by atoms with Crippen molar-refractivity contribution < 1.29 is 8.78 Å². The van der Waals surface area contributed by atoms with Crippen molar-refractivity contribution in [2.24, 2.45) is 5.73 Å². The molecule has 0 spiro atoms. The van der Waals surface area contributed by atoms with Crippen molar-refractivity contribution in [3.63, 3.8) is 0 Å². The van der Waals surface area contributed by atoms with E-state index in [9.17, 15) is 8.78 Å². The molecule has 1 aromatic rings. The molecule has 1 saturated carbocycles. The topological polar surface area (TPSA) is 26.0 Å². The van der Waals surface area contributed by atoms with Crippen LogP contribution in [0.2, 0.25) is 5.02 Å². The number of nitrogens with two attached hydrogens (primary N) is 1. The summed E-state index contributed by atoms with van der Waals surface area (Å²) in [7, 11) is 0. The van der Waals surface area contributed by atoms with Crippen LogP contribution >= 0.6 is 11.6 Å². The zero-order chi connectivity index (χ0) is 11.8. The summed E-state index contributed by atoms with van der Waals surface area (Å²) in [6.07, 6.45) is 4.70. The normalized spacial score (nSPS) is 19.8. The quantitative estimate of drug-likeness (QED) is 0.750. The fourth-order valence-corrected chi connectivity index (χ4v) is 2.69. The van der Waals surface area contributed by atoms with E-state index in [-0.39, 0.29) is 5.02 Å². The standard InChI is InChI=1S/C12H14ClF2N/c13-9-7-11(15)10(14)6-8(9)12(16)4-2-1-3-5-12/h6-7H,1-5,16H2. The number of hydrogen-bond acceptors (Lipinski definition) is 1. The molecule has 0 unspecified atom stereocenters. The van der Waals surface area contributed by atoms with Gasteiger partial charge in [0.1, 0.15) is 0 Å². The summed E-state index contributed by atoms with van der Waals surface area (Å²) in [5.74, 6) is -1.80. The Morgan fingerprint density at radius 3 is 2.25 bits per heavy atom. The summed E-state index contributed by atoms with van der Waals surface area (Å²) in [4.78, 5) is 0. The first-order valence-corrected chi connectivity index (χ1v) is 5.85. The van der Waals surface area contributed by atoms with Crippen molar-refractivity contribution >= 4 is 11.6 Å². The lowest BCUT2D eigenvalue weighted by Crippen LogP contribution is -2.39. The van der Waals surface area contributed by atoms with E-state index >= 15 is 0 Å². The van der Waals surface area contributed by atoms with Gasteiger partial charge in [-0.05, 0) is 30.5 Å². The van der Waals surface area contributed by atoms with E-state index in [1.54, 1.807) is 0 Å². The first kappa shape index (κ1) is 11.8. The van der Waals surface area contributed by atoms with Gasteiger partial charge in [0.2, 0.25) is 0 Å². The predicted octanol–water partition coefficient (Wildman–Crippen LogP) is 3.74. The predicted molar refractivity (Wildman–Crippen MR) is 60.3 cm³/mol. The third kappa shape index (κ3) is 2.06. The zero-order valence-corrected chi connectivity index (χ0v) is 9.66. The van der Waals surface area contributed by atoms with E-state index < -0.39 is 17.2 Å². The highest BCUT2D eigenvalue weighted by molar-refractivity contribution is 6.31. The molecule has 0 aliphatic heterocycles. The van der Waals surface area contributed by atoms with E-state index in [0.717, 1.165) is 44.2 Å². The van der Waals surface area contributed by atoms with Gasteiger partial charge in [-0.15, -0.1) is 0 Å². The fraction of sp³-hybridized carbons (Fsp3) is 0.500. The maximum atomic E-state index is 13.2. The van der Waals surface area contributed by atoms with Crippen LogP contribution in [0.1, 0.15) is 37.7 Å². The van der Waals surface area contributed by atoms with Crippen LogP contribution in [0.5, 0.6) is 0 Å². The van der Waals surface area contributed by atoms with E-state index in [0.29, 0.717) is 5.56 Å². The Hall–Kier alpha value is -0.670. The molecular formula is C12H14ClF2N. The van der Waals surface area contributed by atoms with Gasteiger partial charge in [0, 0.05) is 10.6 Å². The van der Waals surface area contributed by atoms with Gasteiger partial charge >= 0.3 is 0 Å². The van der Waals surface area contributed by atoms with Gasteiger partial charge in [-0.2, -0.15) is 0 Å². The molecule has 0 radical (unpaired) electrons. The highest BCUT2D eigenvalue weighted by atomic mass is 35.5. The van der Waals surface area contributed by atoms with Gasteiger partial charge in [-0.3, -0.25) is 0 Å². The Bertz CT molecular complexity index is 400. The van der Waals surface area contributed by atoms with Gasteiger partial charge in [0.05, 0.1) is 0 Å². The lowest BCUT2D eigenvalue weighted by atomic mass is 9.77. The van der Waals surface area contributed by atoms with Crippen LogP contribution in [-0.2, 0) is 5.54 Å². The molecule has 1 aromatic carbocycles. The van der Waals surface area contributed by atoms with Crippen molar-refractivity contribution in [1.82, 2.24) is 0 Å². The van der Waals surface area contributed by atoms with E-state index in [4.69, 9.17) is 17.3 Å². The van der Waals surface area contributed by atoms with Gasteiger partial charge in [0.25, 0.3) is 0 Å². The highest BCUT2D eigenvalue weighted by Crippen LogP contribution is 2.38. The molecule has 88 valence electrons. The maximum absolute atomic E-state index is 13.2. The first-order valence-electron chi connectivity index (χ1n) is 5.47. The monoisotopic (exact) mass is 245 g/mol. The van der Waals surface area contributed by atoms with Gasteiger partial charge in [0.15, 0.2) is 11.6 Å². The molecule has 0 amide bonds. The molecular weight excluding hydrogens is 232 g/mol. The molecule has 2 rings (SSSR count). The van der Waals surface area contributed by atoms with Gasteiger partial charge in [-0.25, -0.2) is 8.78 Å². The number of hydrogen-bond donors (Lipinski definition) is 1. The molecule has 1 aliphatic carbocycles. The Balaban J connectivity index is 2.42. The van der Waals surface area contributed by atoms with Crippen LogP contribution in [-0.4, -0.2) is 0 Å². The number of rotatable bonds is 1. The molecule has 1 aliphatic rings. The molecule has 2 N–H and O–H groups in total. The van der Waals surface area contributed by atoms with Crippen molar-refractivity contribution in [3.05, 3.63) is 34.4 Å². The average molecular weight is 246 g/mol. The number of benzene rings is 1. The molecule has 4 heteroatoms. The molecule has 1 nitrogen and oxygen atoms in total. The van der Waals surface area contributed by atoms with Crippen molar-refractivity contribution in [3.8, 4) is 0 Å². The van der Waals surface area contributed by atoms with Crippen molar-refractivity contribution in [1.29, 1.82) is 0 Å². The summed E-state index contributed by atoms with van der Waals surface area (Å²) >= 11 is 5.94. The number of halogens is 3. The van der Waals surface area contributed by atoms with Crippen LogP contribution in [0.15, 0.2) is 12.1 Å². The molecule has 0 atom stereocenters. The Kier molecular flexibility index (Phi) is 3.17. The molecule has 0 heterocycles. The summed E-state index contributed by atoms with van der Waals surface area (Å²) in [5.41, 5.74) is 6.17. The van der Waals surface area contributed by atoms with Crippen LogP contribution < -0.4 is 5.73 Å². The van der Waals surface area contributed by atoms with Gasteiger partial charge in [-0.1, -0.05) is 30.9 Å². The summed E-state index contributed by atoms with van der Waals surface area (Å²) in [6, 6.07) is 2.15. The van der Waals surface area contributed by atoms with E-state index in [2.05, 4.69) is 0 Å². The fourth-order valence-electron chi connectivity index (χ4n) is 2.36. The minimum atomic E-state index is -0.923. The van der Waals surface area contributed by atoms with Crippen LogP contribution in [0.4, 0.5) is 8.78 Å². The largest absolute Gasteiger partial charge is 0.321 e. The molecule has 0 bridgehead atoms. The van der Waals surface area contributed by atoms with Crippen LogP contribution in [0, 0.1) is 11.6 Å². The lowest BCUT2D eigenvalue weighted by molar-refractivity contribution is 0.301. The summed E-state index contributed by atoms with van der Waals surface area (Å²) < 4.78 is 26.1. The first-order chi connectivity index (χ1) is 7.53. The Labute approximate surface area is 98.6 Å². The Morgan fingerprint density at radius 2 is 1.62 bits per heavy atom. The summed E-state index contributed by atoms with van der Waals surface area (Å²) in [5, 5.41) is 0.225. The van der Waals surface area contributed by atoms with Crippen molar-refractivity contribution in [2.45, 2.75) is 37.6 Å². The maximum Gasteiger partial charge on any atom is 0.160 e. The SMILES string of the molecule is NC1(c2cc(F)c(F)cc2Cl)CCCCC1. The highest BCUT2D eigenvalue weighted by Gasteiger charge is 2.32. The van der Waals surface area contributed by atoms with E-state index in [1.807, 2.05) is 0 Å². The second-order valence-electron chi connectivity index (χ2n) is 4.46. The van der Waals surface area contributed by atoms with E-state index in [1.165, 1.54) is 0 Å². The molecule has 16 heavy (non-hydrogen) atoms. The minimum Gasteiger partial charge on any atom is -0.321 e. The van der Waals surface area contributed by atoms with Crippen molar-refractivity contribution in [2.75, 3.05) is 0 Å².